The molecule has 0 aromatic heterocycles. The van der Waals surface area contributed by atoms with Gasteiger partial charge in [-0.1, -0.05) is 17.7 Å². The minimum atomic E-state index is -4.02. The number of aromatic hydroxyl groups is 1. The van der Waals surface area contributed by atoms with Crippen molar-refractivity contribution in [3.05, 3.63) is 58.8 Å². The van der Waals surface area contributed by atoms with E-state index in [1.165, 1.54) is 31.4 Å². The zero-order chi connectivity index (χ0) is 20.6. The van der Waals surface area contributed by atoms with Gasteiger partial charge in [-0.05, 0) is 37.3 Å². The molecule has 0 unspecified atom stereocenters. The van der Waals surface area contributed by atoms with Crippen LogP contribution in [-0.2, 0) is 10.1 Å². The monoisotopic (exact) mass is 396 g/mol. The lowest BCUT2D eigenvalue weighted by Gasteiger charge is -2.05. The number of guanidine groups is 1. The van der Waals surface area contributed by atoms with Crippen LogP contribution in [0.3, 0.4) is 0 Å². The summed E-state index contributed by atoms with van der Waals surface area (Å²) in [5.41, 5.74) is 11.3. The molecule has 0 saturated carbocycles. The second-order valence-corrected chi connectivity index (χ2v) is 6.58. The summed E-state index contributed by atoms with van der Waals surface area (Å²) in [6.45, 7) is 1.84. The lowest BCUT2D eigenvalue weighted by Crippen LogP contribution is -2.30. The average Bonchev–Trinajstić information content (AvgIpc) is 2.60. The van der Waals surface area contributed by atoms with E-state index < -0.39 is 16.1 Å². The van der Waals surface area contributed by atoms with Crippen LogP contribution in [0.5, 0.6) is 11.5 Å². The smallest absolute Gasteiger partial charge is 0.366 e. The SMILES string of the molecule is COc1ccc(O)c(/C=N\[N+]([O-])=C(N)N)c1.Cc1ccc(S(=O)(=O)O)cc1. The van der Waals surface area contributed by atoms with Gasteiger partial charge in [0.1, 0.15) is 11.5 Å². The van der Waals surface area contributed by atoms with Gasteiger partial charge in [-0.2, -0.15) is 8.42 Å². The Morgan fingerprint density at radius 3 is 2.30 bits per heavy atom. The fourth-order valence-corrected chi connectivity index (χ4v) is 2.13. The number of methoxy groups -OCH3 is 1. The van der Waals surface area contributed by atoms with Crippen LogP contribution in [0.25, 0.3) is 0 Å². The molecule has 0 aliphatic carbocycles. The molecule has 0 saturated heterocycles. The van der Waals surface area contributed by atoms with Crippen LogP contribution in [0, 0.1) is 12.1 Å². The maximum absolute atomic E-state index is 10.9. The fraction of sp³-hybridized carbons (Fsp3) is 0.125. The third-order valence-corrected chi connectivity index (χ3v) is 3.94. The number of phenolic OH excluding ortho intramolecular Hbond substituents is 1. The second kappa shape index (κ2) is 9.40. The molecule has 11 heteroatoms. The molecule has 6 N–H and O–H groups in total. The summed E-state index contributed by atoms with van der Waals surface area (Å²) in [6.07, 6.45) is 1.13. The van der Waals surface area contributed by atoms with Crippen molar-refractivity contribution < 1.29 is 27.7 Å². The molecule has 0 radical (unpaired) electrons. The summed E-state index contributed by atoms with van der Waals surface area (Å²) in [6, 6.07) is 10.5. The third-order valence-electron chi connectivity index (χ3n) is 3.08. The van der Waals surface area contributed by atoms with Crippen molar-refractivity contribution in [1.29, 1.82) is 0 Å². The molecule has 0 bridgehead atoms. The Labute approximate surface area is 156 Å². The summed E-state index contributed by atoms with van der Waals surface area (Å²) in [5.74, 6) is 0.00794. The number of rotatable bonds is 4. The number of ether oxygens (including phenoxy) is 1. The molecule has 0 amide bonds. The number of aryl methyl sites for hydroxylation is 1. The molecule has 0 aliphatic rings. The Balaban J connectivity index is 0.000000289. The van der Waals surface area contributed by atoms with Crippen LogP contribution < -0.4 is 16.2 Å². The number of hydrogen-bond donors (Lipinski definition) is 4. The molecule has 0 heterocycles. The Hall–Kier alpha value is -3.31. The first-order chi connectivity index (χ1) is 12.5. The maximum atomic E-state index is 10.9. The topological polar surface area (TPSA) is 174 Å². The van der Waals surface area contributed by atoms with Crippen LogP contribution in [0.2, 0.25) is 0 Å². The lowest BCUT2D eigenvalue weighted by atomic mass is 10.2. The summed E-state index contributed by atoms with van der Waals surface area (Å²) in [5, 5.41) is 23.7. The molecule has 2 aromatic rings. The van der Waals surface area contributed by atoms with Crippen molar-refractivity contribution in [1.82, 2.24) is 0 Å². The predicted octanol–water partition coefficient (Wildman–Crippen LogP) is 0.760. The molecule has 146 valence electrons. The first-order valence-electron chi connectivity index (χ1n) is 7.35. The summed E-state index contributed by atoms with van der Waals surface area (Å²) >= 11 is 0. The number of nitrogens with two attached hydrogens (primary N) is 2. The zero-order valence-electron chi connectivity index (χ0n) is 14.6. The highest BCUT2D eigenvalue weighted by atomic mass is 32.2. The first-order valence-corrected chi connectivity index (χ1v) is 8.79. The minimum Gasteiger partial charge on any atom is -0.722 e. The van der Waals surface area contributed by atoms with E-state index in [1.807, 2.05) is 6.92 Å². The van der Waals surface area contributed by atoms with Gasteiger partial charge in [0, 0.05) is 5.56 Å². The quantitative estimate of drug-likeness (QED) is 0.146. The van der Waals surface area contributed by atoms with Gasteiger partial charge in [-0.25, -0.2) is 0 Å². The Morgan fingerprint density at radius 2 is 1.81 bits per heavy atom. The Bertz CT molecular complexity index is 936. The van der Waals surface area contributed by atoms with Gasteiger partial charge in [0.15, 0.2) is 0 Å². The van der Waals surface area contributed by atoms with Gasteiger partial charge in [-0.3, -0.25) is 16.0 Å². The van der Waals surface area contributed by atoms with Gasteiger partial charge in [0.2, 0.25) is 0 Å². The molecule has 0 atom stereocenters. The third kappa shape index (κ3) is 7.22. The largest absolute Gasteiger partial charge is 0.722 e. The Morgan fingerprint density at radius 1 is 1.22 bits per heavy atom. The molecule has 0 fully saturated rings. The van der Waals surface area contributed by atoms with Crippen LogP contribution in [0.1, 0.15) is 11.1 Å². The zero-order valence-corrected chi connectivity index (χ0v) is 15.4. The normalized spacial score (nSPS) is 10.8. The highest BCUT2D eigenvalue weighted by Gasteiger charge is 2.06. The van der Waals surface area contributed by atoms with Crippen molar-refractivity contribution in [3.8, 4) is 11.5 Å². The van der Waals surface area contributed by atoms with E-state index in [-0.39, 0.29) is 15.5 Å². The summed E-state index contributed by atoms with van der Waals surface area (Å²) in [7, 11) is -2.53. The van der Waals surface area contributed by atoms with Gasteiger partial charge < -0.3 is 15.1 Å². The Kier molecular flexibility index (Phi) is 7.57. The van der Waals surface area contributed by atoms with E-state index >= 15 is 0 Å². The summed E-state index contributed by atoms with van der Waals surface area (Å²) in [4.78, 5) is -0.0260. The van der Waals surface area contributed by atoms with Gasteiger partial charge in [-0.15, -0.1) is 9.95 Å². The van der Waals surface area contributed by atoms with E-state index in [0.717, 1.165) is 11.8 Å². The van der Waals surface area contributed by atoms with Crippen LogP contribution in [0.15, 0.2) is 52.5 Å². The van der Waals surface area contributed by atoms with E-state index in [2.05, 4.69) is 5.10 Å². The number of hydrogen-bond acceptors (Lipinski definition) is 6. The van der Waals surface area contributed by atoms with Crippen molar-refractivity contribution >= 4 is 22.3 Å². The summed E-state index contributed by atoms with van der Waals surface area (Å²) < 4.78 is 34.5. The average molecular weight is 396 g/mol. The minimum absolute atomic E-state index is 0.0338. The molecule has 10 nitrogen and oxygen atoms in total. The van der Waals surface area contributed by atoms with Crippen molar-refractivity contribution in [2.24, 2.45) is 16.6 Å². The highest BCUT2D eigenvalue weighted by Crippen LogP contribution is 2.21. The molecule has 27 heavy (non-hydrogen) atoms. The van der Waals surface area contributed by atoms with Crippen molar-refractivity contribution in [2.45, 2.75) is 11.8 Å². The molecule has 0 spiro atoms. The molecule has 2 aromatic carbocycles. The number of benzene rings is 2. The van der Waals surface area contributed by atoms with Crippen LogP contribution in [0.4, 0.5) is 0 Å². The van der Waals surface area contributed by atoms with Crippen molar-refractivity contribution in [3.63, 3.8) is 0 Å². The van der Waals surface area contributed by atoms with E-state index in [4.69, 9.17) is 20.8 Å². The highest BCUT2D eigenvalue weighted by molar-refractivity contribution is 7.85. The van der Waals surface area contributed by atoms with Crippen LogP contribution in [-0.4, -0.2) is 42.2 Å². The fourth-order valence-electron chi connectivity index (χ4n) is 1.65. The first kappa shape index (κ1) is 21.7. The molecule has 2 rings (SSSR count). The second-order valence-electron chi connectivity index (χ2n) is 5.16. The number of phenols is 1. The number of nitrogens with zero attached hydrogens (tertiary/aromatic N) is 2. The van der Waals surface area contributed by atoms with E-state index in [0.29, 0.717) is 11.3 Å². The van der Waals surface area contributed by atoms with Gasteiger partial charge in [0.05, 0.1) is 18.2 Å². The molecule has 0 aliphatic heterocycles. The number of hydrazone groups is 1. The maximum Gasteiger partial charge on any atom is 0.366 e. The van der Waals surface area contributed by atoms with Crippen molar-refractivity contribution in [2.75, 3.05) is 7.11 Å². The molecular weight excluding hydrogens is 376 g/mol. The predicted molar refractivity (Wildman–Crippen MR) is 100 cm³/mol. The van der Waals surface area contributed by atoms with E-state index in [9.17, 15) is 18.7 Å². The van der Waals surface area contributed by atoms with Crippen LogP contribution >= 0.6 is 0 Å². The lowest BCUT2D eigenvalue weighted by molar-refractivity contribution is -0.463. The van der Waals surface area contributed by atoms with Gasteiger partial charge >= 0.3 is 5.96 Å². The van der Waals surface area contributed by atoms with Gasteiger partial charge in [0.25, 0.3) is 10.1 Å². The van der Waals surface area contributed by atoms with E-state index in [1.54, 1.807) is 18.2 Å². The standard InChI is InChI=1S/C9H12N4O3.C7H8O3S/c1-16-7-2-3-8(14)6(4-7)5-12-13(15)9(10)11;1-6-2-4-7(5-3-6)11(8,9)10/h2-5,14H,10-11H2,1H3;2-5H,1H3,(H,8,9,10)/b12-5-;. The molecular formula is C16H20N4O6S.